The maximum Gasteiger partial charge on any atom is 0.407 e. The molecule has 1 fully saturated rings. The van der Waals surface area contributed by atoms with Gasteiger partial charge in [-0.2, -0.15) is 0 Å². The summed E-state index contributed by atoms with van der Waals surface area (Å²) >= 11 is 14.0. The van der Waals surface area contributed by atoms with Gasteiger partial charge in [0, 0.05) is 30.0 Å². The minimum absolute atomic E-state index is 0.141. The van der Waals surface area contributed by atoms with Crippen molar-refractivity contribution in [1.29, 1.82) is 0 Å². The number of hydrogen-bond acceptors (Lipinski definition) is 6. The van der Waals surface area contributed by atoms with Gasteiger partial charge in [-0.25, -0.2) is 9.59 Å². The van der Waals surface area contributed by atoms with Crippen LogP contribution in [-0.2, 0) is 19.1 Å². The number of likely N-dealkylation sites (tertiary alicyclic amines) is 1. The number of piperidine rings is 1. The molecule has 3 amide bonds. The molecule has 12 heteroatoms. The van der Waals surface area contributed by atoms with Crippen molar-refractivity contribution in [2.24, 2.45) is 11.8 Å². The number of rotatable bonds is 10. The smallest absolute Gasteiger partial charge is 0.407 e. The van der Waals surface area contributed by atoms with Gasteiger partial charge in [-0.05, 0) is 42.7 Å². The van der Waals surface area contributed by atoms with Crippen LogP contribution in [-0.4, -0.2) is 72.4 Å². The van der Waals surface area contributed by atoms with Crippen molar-refractivity contribution in [1.82, 2.24) is 15.5 Å². The van der Waals surface area contributed by atoms with Crippen molar-refractivity contribution in [3.8, 4) is 0 Å². The van der Waals surface area contributed by atoms with E-state index in [0.29, 0.717) is 41.5 Å². The number of aliphatic carboxylic acids is 1. The Labute approximate surface area is 224 Å². The fourth-order valence-electron chi connectivity index (χ4n) is 3.43. The number of amides is 3. The number of carbonyl (C=O) groups excluding carboxylic acids is 3. The zero-order valence-corrected chi connectivity index (χ0v) is 22.7. The van der Waals surface area contributed by atoms with Crippen molar-refractivity contribution in [3.05, 3.63) is 33.8 Å². The topological polar surface area (TPSA) is 125 Å². The highest BCUT2D eigenvalue weighted by atomic mass is 35.5. The van der Waals surface area contributed by atoms with Crippen molar-refractivity contribution < 1.29 is 29.0 Å². The van der Waals surface area contributed by atoms with Crippen molar-refractivity contribution in [2.75, 3.05) is 32.5 Å². The summed E-state index contributed by atoms with van der Waals surface area (Å²) in [7, 11) is 0. The van der Waals surface area contributed by atoms with Crippen LogP contribution in [0, 0.1) is 11.8 Å². The number of halogens is 2. The fourth-order valence-corrected chi connectivity index (χ4v) is 4.60. The van der Waals surface area contributed by atoms with Gasteiger partial charge in [0.25, 0.3) is 0 Å². The summed E-state index contributed by atoms with van der Waals surface area (Å²) in [6, 6.07) is 2.33. The Balaban J connectivity index is 1.85. The van der Waals surface area contributed by atoms with E-state index in [2.05, 4.69) is 10.6 Å². The molecule has 9 nitrogen and oxygen atoms in total. The van der Waals surface area contributed by atoms with E-state index in [1.165, 1.54) is 17.8 Å². The van der Waals surface area contributed by atoms with Gasteiger partial charge >= 0.3 is 12.1 Å². The van der Waals surface area contributed by atoms with E-state index >= 15 is 0 Å². The molecule has 36 heavy (non-hydrogen) atoms. The summed E-state index contributed by atoms with van der Waals surface area (Å²) in [4.78, 5) is 50.9. The average Bonchev–Trinajstić information content (AvgIpc) is 2.85. The van der Waals surface area contributed by atoms with Gasteiger partial charge in [-0.15, -0.1) is 11.8 Å². The second-order valence-corrected chi connectivity index (χ2v) is 10.3. The van der Waals surface area contributed by atoms with E-state index < -0.39 is 29.9 Å². The van der Waals surface area contributed by atoms with Gasteiger partial charge < -0.3 is 25.4 Å². The van der Waals surface area contributed by atoms with Gasteiger partial charge in [0.05, 0.1) is 23.2 Å². The van der Waals surface area contributed by atoms with Crippen LogP contribution in [0.15, 0.2) is 23.1 Å². The average molecular weight is 561 g/mol. The van der Waals surface area contributed by atoms with E-state index in [4.69, 9.17) is 27.9 Å². The molecule has 2 rings (SSSR count). The lowest BCUT2D eigenvalue weighted by Crippen LogP contribution is -2.51. The minimum Gasteiger partial charge on any atom is -0.480 e. The predicted octanol–water partition coefficient (Wildman–Crippen LogP) is 3.92. The van der Waals surface area contributed by atoms with Crippen molar-refractivity contribution in [3.63, 3.8) is 0 Å². The molecule has 0 radical (unpaired) electrons. The summed E-state index contributed by atoms with van der Waals surface area (Å²) in [5.41, 5.74) is 0.628. The summed E-state index contributed by atoms with van der Waals surface area (Å²) in [5.74, 6) is -2.23. The number of carbonyl (C=O) groups is 4. The first-order valence-electron chi connectivity index (χ1n) is 11.5. The zero-order valence-electron chi connectivity index (χ0n) is 20.4. The maximum absolute atomic E-state index is 12.6. The Hall–Kier alpha value is -2.43. The number of nitrogens with one attached hydrogen (secondary N) is 2. The number of carboxylic acids is 1. The van der Waals surface area contributed by atoms with E-state index in [9.17, 15) is 24.3 Å². The molecule has 0 spiro atoms. The molecule has 0 unspecified atom stereocenters. The fraction of sp³-hybridized carbons (Fsp3) is 0.500. The molecular weight excluding hydrogens is 529 g/mol. The van der Waals surface area contributed by atoms with Crippen molar-refractivity contribution in [2.45, 2.75) is 37.6 Å². The third-order valence-corrected chi connectivity index (χ3v) is 7.28. The van der Waals surface area contributed by atoms with Gasteiger partial charge in [-0.3, -0.25) is 9.59 Å². The Kier molecular flexibility index (Phi) is 11.9. The molecule has 1 atom stereocenters. The van der Waals surface area contributed by atoms with Crippen LogP contribution in [0.3, 0.4) is 0 Å². The molecule has 0 aliphatic carbocycles. The highest BCUT2D eigenvalue weighted by Crippen LogP contribution is 2.35. The lowest BCUT2D eigenvalue weighted by molar-refractivity contribution is -0.142. The standard InChI is InChI=1S/C24H31Cl2N3O6S/c1-14(2)13-35-24(34)27-12-17(23(32)33)28-22(31)16-8-10-29(11-9-16)19(30)7-5-15-4-6-18(36-3)21(26)20(15)25/h4-7,14,16-17H,8-13H2,1-3H3,(H,27,34)(H,28,31)(H,32,33)/b7-5+/t17-/m0/s1. The molecule has 1 saturated heterocycles. The van der Waals surface area contributed by atoms with Crippen LogP contribution in [0.1, 0.15) is 32.3 Å². The summed E-state index contributed by atoms with van der Waals surface area (Å²) in [6.07, 6.45) is 4.95. The van der Waals surface area contributed by atoms with E-state index in [-0.39, 0.29) is 25.0 Å². The second kappa shape index (κ2) is 14.3. The lowest BCUT2D eigenvalue weighted by atomic mass is 9.95. The number of nitrogens with zero attached hydrogens (tertiary/aromatic N) is 1. The molecule has 0 aromatic heterocycles. The first-order chi connectivity index (χ1) is 17.0. The summed E-state index contributed by atoms with van der Waals surface area (Å²) in [5, 5.41) is 15.0. The van der Waals surface area contributed by atoms with Gasteiger partial charge in [0.1, 0.15) is 6.04 Å². The van der Waals surface area contributed by atoms with Crippen LogP contribution < -0.4 is 10.6 Å². The van der Waals surface area contributed by atoms with Crippen molar-refractivity contribution >= 4 is 64.9 Å². The Morgan fingerprint density at radius 3 is 2.44 bits per heavy atom. The molecule has 198 valence electrons. The SMILES string of the molecule is CSc1ccc(/C=C/C(=O)N2CCC(C(=O)N[C@@H](CNC(=O)OCC(C)C)C(=O)O)CC2)c(Cl)c1Cl. The van der Waals surface area contributed by atoms with Gasteiger partial charge in [-0.1, -0.05) is 43.1 Å². The highest BCUT2D eigenvalue weighted by molar-refractivity contribution is 7.98. The number of ether oxygens (including phenoxy) is 1. The van der Waals surface area contributed by atoms with Crippen LogP contribution in [0.5, 0.6) is 0 Å². The zero-order chi connectivity index (χ0) is 26.8. The minimum atomic E-state index is -1.29. The van der Waals surface area contributed by atoms with E-state index in [1.54, 1.807) is 17.0 Å². The van der Waals surface area contributed by atoms with Gasteiger partial charge in [0.2, 0.25) is 11.8 Å². The molecule has 1 aromatic carbocycles. The number of benzene rings is 1. The molecule has 1 heterocycles. The highest BCUT2D eigenvalue weighted by Gasteiger charge is 2.30. The molecular formula is C24H31Cl2N3O6S. The Morgan fingerprint density at radius 2 is 1.86 bits per heavy atom. The van der Waals surface area contributed by atoms with Gasteiger partial charge in [0.15, 0.2) is 0 Å². The molecule has 3 N–H and O–H groups in total. The Bertz CT molecular complexity index is 996. The number of hydrogen-bond donors (Lipinski definition) is 3. The van der Waals surface area contributed by atoms with Crippen LogP contribution in [0.4, 0.5) is 4.79 Å². The number of thioether (sulfide) groups is 1. The number of alkyl carbamates (subject to hydrolysis) is 1. The monoisotopic (exact) mass is 559 g/mol. The van der Waals surface area contributed by atoms with Crippen LogP contribution in [0.25, 0.3) is 6.08 Å². The summed E-state index contributed by atoms with van der Waals surface area (Å²) in [6.45, 7) is 4.34. The van der Waals surface area contributed by atoms with Crippen LogP contribution >= 0.6 is 35.0 Å². The quantitative estimate of drug-likeness (QED) is 0.293. The van der Waals surface area contributed by atoms with Crippen LogP contribution in [0.2, 0.25) is 10.0 Å². The normalized spacial score (nSPS) is 15.1. The number of carboxylic acid groups (broad SMARTS) is 1. The molecule has 0 bridgehead atoms. The van der Waals surface area contributed by atoms with E-state index in [0.717, 1.165) is 4.90 Å². The van der Waals surface area contributed by atoms with E-state index in [1.807, 2.05) is 26.2 Å². The predicted molar refractivity (Wildman–Crippen MR) is 140 cm³/mol. The summed E-state index contributed by atoms with van der Waals surface area (Å²) < 4.78 is 4.95. The molecule has 1 aliphatic heterocycles. The molecule has 1 aromatic rings. The Morgan fingerprint density at radius 1 is 1.19 bits per heavy atom. The third kappa shape index (κ3) is 8.90. The third-order valence-electron chi connectivity index (χ3n) is 5.49. The lowest BCUT2D eigenvalue weighted by Gasteiger charge is -2.31. The largest absolute Gasteiger partial charge is 0.480 e. The first-order valence-corrected chi connectivity index (χ1v) is 13.4. The maximum atomic E-state index is 12.6. The first kappa shape index (κ1) is 29.8. The second-order valence-electron chi connectivity index (χ2n) is 8.69. The molecule has 1 aliphatic rings. The molecule has 0 saturated carbocycles.